The molecule has 8 heteroatoms. The van der Waals surface area contributed by atoms with Crippen LogP contribution in [0.1, 0.15) is 24.3 Å². The smallest absolute Gasteiger partial charge is 0.226 e. The molecule has 2 aromatic carbocycles. The highest BCUT2D eigenvalue weighted by molar-refractivity contribution is 7.88. The molecule has 0 aromatic heterocycles. The topological polar surface area (TPSA) is 66.5 Å². The van der Waals surface area contributed by atoms with Crippen LogP contribution >= 0.6 is 11.6 Å². The van der Waals surface area contributed by atoms with Gasteiger partial charge in [0, 0.05) is 35.6 Å². The summed E-state index contributed by atoms with van der Waals surface area (Å²) in [5.41, 5.74) is 2.39. The van der Waals surface area contributed by atoms with Crippen molar-refractivity contribution in [2.45, 2.75) is 24.8 Å². The molecule has 1 aliphatic heterocycles. The lowest BCUT2D eigenvalue weighted by molar-refractivity contribution is -0.131. The largest absolute Gasteiger partial charge is 0.341 e. The van der Waals surface area contributed by atoms with Gasteiger partial charge in [-0.1, -0.05) is 35.9 Å². The Bertz CT molecular complexity index is 1060. The number of halogens is 2. The number of benzene rings is 2. The molecule has 0 unspecified atom stereocenters. The van der Waals surface area contributed by atoms with Gasteiger partial charge in [0.25, 0.3) is 0 Å². The van der Waals surface area contributed by atoms with Crippen molar-refractivity contribution in [3.63, 3.8) is 0 Å². The highest BCUT2D eigenvalue weighted by Gasteiger charge is 2.47. The van der Waals surface area contributed by atoms with Crippen LogP contribution in [-0.4, -0.2) is 44.6 Å². The number of nitrogens with one attached hydrogen (secondary N) is 1. The van der Waals surface area contributed by atoms with Gasteiger partial charge in [-0.25, -0.2) is 17.5 Å². The van der Waals surface area contributed by atoms with Crippen molar-refractivity contribution in [2.24, 2.45) is 5.92 Å². The molecule has 2 aromatic rings. The third-order valence-corrected chi connectivity index (χ3v) is 6.66. The van der Waals surface area contributed by atoms with E-state index in [1.807, 2.05) is 18.2 Å². The Morgan fingerprint density at radius 1 is 1.21 bits per heavy atom. The first-order valence-corrected chi connectivity index (χ1v) is 11.8. The summed E-state index contributed by atoms with van der Waals surface area (Å²) in [5, 5.41) is 0.539. The van der Waals surface area contributed by atoms with E-state index in [0.717, 1.165) is 17.4 Å². The first-order chi connectivity index (χ1) is 13.7. The van der Waals surface area contributed by atoms with Crippen molar-refractivity contribution in [2.75, 3.05) is 19.3 Å². The molecule has 1 saturated heterocycles. The molecule has 1 heterocycles. The SMILES string of the molecule is CS(=O)(=O)N[C@@H]1CCN(C(=O)[C@@H]2C[C@H]2c2ccc(F)cc2-c2ccccc2Cl)C1. The number of nitrogens with zero attached hydrogens (tertiary/aromatic N) is 1. The van der Waals surface area contributed by atoms with Gasteiger partial charge in [-0.3, -0.25) is 4.79 Å². The number of hydrogen-bond acceptors (Lipinski definition) is 3. The maximum Gasteiger partial charge on any atom is 0.226 e. The number of hydrogen-bond donors (Lipinski definition) is 1. The normalized spacial score (nSPS) is 24.0. The first-order valence-electron chi connectivity index (χ1n) is 9.53. The fourth-order valence-corrected chi connectivity index (χ4v) is 5.21. The van der Waals surface area contributed by atoms with Crippen LogP contribution in [0.2, 0.25) is 5.02 Å². The Morgan fingerprint density at radius 3 is 2.69 bits per heavy atom. The number of carbonyl (C=O) groups excluding carboxylic acids is 1. The van der Waals surface area contributed by atoms with E-state index in [1.165, 1.54) is 12.1 Å². The lowest BCUT2D eigenvalue weighted by Gasteiger charge is -2.17. The highest BCUT2D eigenvalue weighted by atomic mass is 35.5. The highest BCUT2D eigenvalue weighted by Crippen LogP contribution is 2.52. The third kappa shape index (κ3) is 4.47. The fourth-order valence-electron chi connectivity index (χ4n) is 4.17. The Balaban J connectivity index is 1.51. The summed E-state index contributed by atoms with van der Waals surface area (Å²) in [6.45, 7) is 0.923. The predicted molar refractivity (Wildman–Crippen MR) is 111 cm³/mol. The van der Waals surface area contributed by atoms with E-state index in [-0.39, 0.29) is 29.6 Å². The molecule has 2 fully saturated rings. The van der Waals surface area contributed by atoms with Crippen LogP contribution in [0.5, 0.6) is 0 Å². The van der Waals surface area contributed by atoms with Gasteiger partial charge in [0.2, 0.25) is 15.9 Å². The van der Waals surface area contributed by atoms with E-state index in [0.29, 0.717) is 36.5 Å². The minimum atomic E-state index is -3.30. The molecule has 154 valence electrons. The maximum atomic E-state index is 14.0. The molecule has 3 atom stereocenters. The Labute approximate surface area is 174 Å². The van der Waals surface area contributed by atoms with Gasteiger partial charge in [-0.2, -0.15) is 0 Å². The minimum Gasteiger partial charge on any atom is -0.341 e. The van der Waals surface area contributed by atoms with Gasteiger partial charge in [0.15, 0.2) is 0 Å². The molecular weight excluding hydrogens is 415 g/mol. The number of sulfonamides is 1. The van der Waals surface area contributed by atoms with Crippen LogP contribution in [0.4, 0.5) is 4.39 Å². The van der Waals surface area contributed by atoms with Crippen LogP contribution in [0, 0.1) is 11.7 Å². The summed E-state index contributed by atoms with van der Waals surface area (Å²) in [6.07, 6.45) is 2.43. The van der Waals surface area contributed by atoms with Crippen LogP contribution in [0.3, 0.4) is 0 Å². The zero-order valence-electron chi connectivity index (χ0n) is 15.9. The second kappa shape index (κ2) is 7.70. The van der Waals surface area contributed by atoms with Gasteiger partial charge < -0.3 is 4.90 Å². The van der Waals surface area contributed by atoms with Gasteiger partial charge >= 0.3 is 0 Å². The predicted octanol–water partition coefficient (Wildman–Crippen LogP) is 3.40. The Hall–Kier alpha value is -1.96. The fraction of sp³-hybridized carbons (Fsp3) is 0.381. The summed E-state index contributed by atoms with van der Waals surface area (Å²) in [7, 11) is -3.30. The number of carbonyl (C=O) groups is 1. The molecule has 0 spiro atoms. The van der Waals surface area contributed by atoms with E-state index >= 15 is 0 Å². The number of amides is 1. The number of likely N-dealkylation sites (tertiary alicyclic amines) is 1. The molecule has 0 radical (unpaired) electrons. The van der Waals surface area contributed by atoms with E-state index < -0.39 is 10.0 Å². The molecule has 1 N–H and O–H groups in total. The average Bonchev–Trinajstić information content (AvgIpc) is 3.31. The maximum absolute atomic E-state index is 14.0. The Morgan fingerprint density at radius 2 is 1.97 bits per heavy atom. The molecule has 1 amide bonds. The van der Waals surface area contributed by atoms with Crippen molar-refractivity contribution in [3.05, 3.63) is 58.9 Å². The number of rotatable bonds is 5. The van der Waals surface area contributed by atoms with Crippen molar-refractivity contribution in [1.29, 1.82) is 0 Å². The quantitative estimate of drug-likeness (QED) is 0.781. The first kappa shape index (κ1) is 20.3. The lowest BCUT2D eigenvalue weighted by Crippen LogP contribution is -2.38. The summed E-state index contributed by atoms with van der Waals surface area (Å²) in [6, 6.07) is 11.7. The molecule has 0 bridgehead atoms. The second-order valence-corrected chi connectivity index (χ2v) is 10.0. The lowest BCUT2D eigenvalue weighted by atomic mass is 9.95. The van der Waals surface area contributed by atoms with E-state index in [1.54, 1.807) is 17.0 Å². The van der Waals surface area contributed by atoms with Crippen LogP contribution in [-0.2, 0) is 14.8 Å². The van der Waals surface area contributed by atoms with E-state index in [2.05, 4.69) is 4.72 Å². The van der Waals surface area contributed by atoms with Gasteiger partial charge in [0.1, 0.15) is 5.82 Å². The zero-order chi connectivity index (χ0) is 20.8. The molecule has 5 nitrogen and oxygen atoms in total. The van der Waals surface area contributed by atoms with E-state index in [9.17, 15) is 17.6 Å². The summed E-state index contributed by atoms with van der Waals surface area (Å²) in [4.78, 5) is 14.7. The molecular formula is C21H22ClFN2O3S. The summed E-state index contributed by atoms with van der Waals surface area (Å²) >= 11 is 6.33. The van der Waals surface area contributed by atoms with Crippen molar-refractivity contribution in [3.8, 4) is 11.1 Å². The summed E-state index contributed by atoms with van der Waals surface area (Å²) < 4.78 is 39.4. The zero-order valence-corrected chi connectivity index (χ0v) is 17.5. The van der Waals surface area contributed by atoms with Crippen molar-refractivity contribution < 1.29 is 17.6 Å². The van der Waals surface area contributed by atoms with Crippen molar-refractivity contribution >= 4 is 27.5 Å². The molecule has 2 aliphatic rings. The van der Waals surface area contributed by atoms with E-state index in [4.69, 9.17) is 11.6 Å². The minimum absolute atomic E-state index is 0.0105. The van der Waals surface area contributed by atoms with Gasteiger partial charge in [-0.15, -0.1) is 0 Å². The molecule has 1 aliphatic carbocycles. The van der Waals surface area contributed by atoms with Crippen LogP contribution < -0.4 is 4.72 Å². The molecule has 29 heavy (non-hydrogen) atoms. The summed E-state index contributed by atoms with van der Waals surface area (Å²) in [5.74, 6) is -0.473. The van der Waals surface area contributed by atoms with Crippen LogP contribution in [0.25, 0.3) is 11.1 Å². The van der Waals surface area contributed by atoms with Gasteiger partial charge in [-0.05, 0) is 48.1 Å². The molecule has 4 rings (SSSR count). The standard InChI is InChI=1S/C21H22ClFN2O3S/c1-29(27,28)24-14-8-9-25(12-14)21(26)19-11-18(19)15-7-6-13(23)10-17(15)16-4-2-3-5-20(16)22/h2-7,10,14,18-19,24H,8-9,11-12H2,1H3/t14-,18+,19-/m1/s1. The van der Waals surface area contributed by atoms with Crippen LogP contribution in [0.15, 0.2) is 42.5 Å². The molecule has 1 saturated carbocycles. The van der Waals surface area contributed by atoms with Crippen molar-refractivity contribution in [1.82, 2.24) is 9.62 Å². The third-order valence-electron chi connectivity index (χ3n) is 5.57. The Kier molecular flexibility index (Phi) is 5.40. The average molecular weight is 437 g/mol. The monoisotopic (exact) mass is 436 g/mol. The van der Waals surface area contributed by atoms with Gasteiger partial charge in [0.05, 0.1) is 6.26 Å². The second-order valence-electron chi connectivity index (χ2n) is 7.82.